The van der Waals surface area contributed by atoms with E-state index < -0.39 is 0 Å². The van der Waals surface area contributed by atoms with Gasteiger partial charge in [-0.3, -0.25) is 4.79 Å². The maximum Gasteiger partial charge on any atom is 0.220 e. The molecule has 0 fully saturated rings. The highest BCUT2D eigenvalue weighted by molar-refractivity contribution is 5.75. The van der Waals surface area contributed by atoms with Gasteiger partial charge in [-0.2, -0.15) is 0 Å². The van der Waals surface area contributed by atoms with Crippen molar-refractivity contribution >= 4 is 5.91 Å². The number of nitrogens with two attached hydrogens (primary N) is 2. The van der Waals surface area contributed by atoms with Crippen LogP contribution in [-0.2, 0) is 11.2 Å². The van der Waals surface area contributed by atoms with Gasteiger partial charge in [-0.05, 0) is 18.4 Å². The van der Waals surface area contributed by atoms with E-state index in [4.69, 9.17) is 11.5 Å². The average molecular weight is 235 g/mol. The molecular weight excluding hydrogens is 214 g/mol. The number of rotatable bonds is 7. The molecule has 1 amide bonds. The van der Waals surface area contributed by atoms with Gasteiger partial charge in [0, 0.05) is 25.6 Å². The fraction of sp³-hybridized carbons (Fsp3) is 0.462. The van der Waals surface area contributed by atoms with Crippen molar-refractivity contribution in [3.63, 3.8) is 0 Å². The Morgan fingerprint density at radius 1 is 1.29 bits per heavy atom. The summed E-state index contributed by atoms with van der Waals surface area (Å²) in [6.45, 7) is 1.01. The summed E-state index contributed by atoms with van der Waals surface area (Å²) in [7, 11) is 0. The monoisotopic (exact) mass is 235 g/mol. The quantitative estimate of drug-likeness (QED) is 0.640. The van der Waals surface area contributed by atoms with Crippen molar-refractivity contribution in [1.82, 2.24) is 5.32 Å². The lowest BCUT2D eigenvalue weighted by atomic mass is 10.0. The van der Waals surface area contributed by atoms with Crippen LogP contribution in [0, 0.1) is 0 Å². The summed E-state index contributed by atoms with van der Waals surface area (Å²) in [4.78, 5) is 11.3. The van der Waals surface area contributed by atoms with Crippen LogP contribution in [0.3, 0.4) is 0 Å². The predicted molar refractivity (Wildman–Crippen MR) is 69.4 cm³/mol. The minimum atomic E-state index is 0.0268. The third-order valence-corrected chi connectivity index (χ3v) is 2.55. The van der Waals surface area contributed by atoms with Gasteiger partial charge in [0.2, 0.25) is 5.91 Å². The number of hydrogen-bond donors (Lipinski definition) is 3. The van der Waals surface area contributed by atoms with E-state index in [0.29, 0.717) is 25.9 Å². The summed E-state index contributed by atoms with van der Waals surface area (Å²) in [5.41, 5.74) is 12.5. The Kier molecular flexibility index (Phi) is 6.29. The van der Waals surface area contributed by atoms with Crippen molar-refractivity contribution in [2.24, 2.45) is 11.5 Å². The molecule has 0 bridgehead atoms. The Bertz CT molecular complexity index is 327. The zero-order valence-electron chi connectivity index (χ0n) is 10.1. The van der Waals surface area contributed by atoms with Crippen LogP contribution in [0.1, 0.15) is 18.4 Å². The maximum absolute atomic E-state index is 11.3. The van der Waals surface area contributed by atoms with E-state index in [1.54, 1.807) is 0 Å². The highest BCUT2D eigenvalue weighted by Crippen LogP contribution is 2.05. The molecule has 0 aliphatic heterocycles. The van der Waals surface area contributed by atoms with Gasteiger partial charge in [0.05, 0.1) is 0 Å². The summed E-state index contributed by atoms with van der Waals surface area (Å²) >= 11 is 0. The number of nitrogens with one attached hydrogen (secondary N) is 1. The van der Waals surface area contributed by atoms with Crippen molar-refractivity contribution in [3.8, 4) is 0 Å². The van der Waals surface area contributed by atoms with Crippen LogP contribution in [0.5, 0.6) is 0 Å². The molecule has 0 aromatic heterocycles. The van der Waals surface area contributed by atoms with Crippen LogP contribution in [0.4, 0.5) is 0 Å². The molecule has 0 aliphatic carbocycles. The van der Waals surface area contributed by atoms with Crippen LogP contribution < -0.4 is 16.8 Å². The molecule has 0 saturated carbocycles. The number of benzene rings is 1. The molecule has 4 heteroatoms. The summed E-state index contributed by atoms with van der Waals surface area (Å²) in [5, 5.41) is 2.73. The number of hydrogen-bond acceptors (Lipinski definition) is 3. The normalized spacial score (nSPS) is 12.1. The van der Waals surface area contributed by atoms with E-state index >= 15 is 0 Å². The zero-order valence-corrected chi connectivity index (χ0v) is 10.1. The molecule has 0 spiro atoms. The molecule has 1 aromatic rings. The fourth-order valence-electron chi connectivity index (χ4n) is 1.64. The average Bonchev–Trinajstić information content (AvgIpc) is 2.35. The minimum Gasteiger partial charge on any atom is -0.355 e. The molecule has 1 unspecified atom stereocenters. The van der Waals surface area contributed by atoms with E-state index in [2.05, 4.69) is 5.32 Å². The van der Waals surface area contributed by atoms with E-state index in [0.717, 1.165) is 6.42 Å². The highest BCUT2D eigenvalue weighted by atomic mass is 16.1. The van der Waals surface area contributed by atoms with Crippen molar-refractivity contribution in [2.75, 3.05) is 13.1 Å². The van der Waals surface area contributed by atoms with Crippen LogP contribution in [0.15, 0.2) is 30.3 Å². The molecule has 0 saturated heterocycles. The Hall–Kier alpha value is -1.39. The van der Waals surface area contributed by atoms with Crippen LogP contribution >= 0.6 is 0 Å². The SMILES string of the molecule is NCCNC(=O)CCC(N)Cc1ccccc1. The Morgan fingerprint density at radius 3 is 2.65 bits per heavy atom. The Morgan fingerprint density at radius 2 is 2.00 bits per heavy atom. The summed E-state index contributed by atoms with van der Waals surface area (Å²) < 4.78 is 0. The van der Waals surface area contributed by atoms with Crippen LogP contribution in [0.25, 0.3) is 0 Å². The van der Waals surface area contributed by atoms with Crippen molar-refractivity contribution in [2.45, 2.75) is 25.3 Å². The van der Waals surface area contributed by atoms with Gasteiger partial charge in [0.1, 0.15) is 0 Å². The van der Waals surface area contributed by atoms with Gasteiger partial charge in [-0.25, -0.2) is 0 Å². The van der Waals surface area contributed by atoms with Crippen LogP contribution in [-0.4, -0.2) is 25.0 Å². The first-order valence-corrected chi connectivity index (χ1v) is 5.98. The number of amides is 1. The largest absolute Gasteiger partial charge is 0.355 e. The van der Waals surface area contributed by atoms with Gasteiger partial charge >= 0.3 is 0 Å². The second-order valence-corrected chi connectivity index (χ2v) is 4.13. The van der Waals surface area contributed by atoms with Gasteiger partial charge < -0.3 is 16.8 Å². The van der Waals surface area contributed by atoms with E-state index in [1.807, 2.05) is 30.3 Å². The molecule has 1 rings (SSSR count). The Labute approximate surface area is 102 Å². The molecular formula is C13H21N3O. The van der Waals surface area contributed by atoms with Crippen molar-refractivity contribution < 1.29 is 4.79 Å². The predicted octanol–water partition coefficient (Wildman–Crippen LogP) is 0.412. The van der Waals surface area contributed by atoms with Gasteiger partial charge in [-0.1, -0.05) is 30.3 Å². The number of carbonyl (C=O) groups is 1. The smallest absolute Gasteiger partial charge is 0.220 e. The zero-order chi connectivity index (χ0) is 12.5. The van der Waals surface area contributed by atoms with Gasteiger partial charge in [-0.15, -0.1) is 0 Å². The third-order valence-electron chi connectivity index (χ3n) is 2.55. The van der Waals surface area contributed by atoms with Gasteiger partial charge in [0.15, 0.2) is 0 Å². The van der Waals surface area contributed by atoms with E-state index in [1.165, 1.54) is 5.56 Å². The highest BCUT2D eigenvalue weighted by Gasteiger charge is 2.07. The lowest BCUT2D eigenvalue weighted by Crippen LogP contribution is -2.31. The molecule has 0 aliphatic rings. The molecule has 5 N–H and O–H groups in total. The molecule has 0 radical (unpaired) electrons. The Balaban J connectivity index is 2.21. The molecule has 4 nitrogen and oxygen atoms in total. The lowest BCUT2D eigenvalue weighted by molar-refractivity contribution is -0.121. The lowest BCUT2D eigenvalue weighted by Gasteiger charge is -2.11. The van der Waals surface area contributed by atoms with E-state index in [-0.39, 0.29) is 11.9 Å². The van der Waals surface area contributed by atoms with E-state index in [9.17, 15) is 4.79 Å². The first-order valence-electron chi connectivity index (χ1n) is 5.98. The second kappa shape index (κ2) is 7.81. The second-order valence-electron chi connectivity index (χ2n) is 4.13. The first kappa shape index (κ1) is 13.7. The fourth-order valence-corrected chi connectivity index (χ4v) is 1.64. The summed E-state index contributed by atoms with van der Waals surface area (Å²) in [5.74, 6) is 0.0268. The molecule has 1 atom stereocenters. The third kappa shape index (κ3) is 6.04. The maximum atomic E-state index is 11.3. The standard InChI is InChI=1S/C13H21N3O/c14-8-9-16-13(17)7-6-12(15)10-11-4-2-1-3-5-11/h1-5,12H,6-10,14-15H2,(H,16,17). The number of carbonyl (C=O) groups excluding carboxylic acids is 1. The topological polar surface area (TPSA) is 81.1 Å². The minimum absolute atomic E-state index is 0.0268. The summed E-state index contributed by atoms with van der Waals surface area (Å²) in [6.07, 6.45) is 1.98. The molecule has 94 valence electrons. The summed E-state index contributed by atoms with van der Waals surface area (Å²) in [6, 6.07) is 10.1. The van der Waals surface area contributed by atoms with Gasteiger partial charge in [0.25, 0.3) is 0 Å². The molecule has 1 aromatic carbocycles. The van der Waals surface area contributed by atoms with Crippen LogP contribution in [0.2, 0.25) is 0 Å². The van der Waals surface area contributed by atoms with Crippen molar-refractivity contribution in [1.29, 1.82) is 0 Å². The first-order chi connectivity index (χ1) is 8.22. The molecule has 17 heavy (non-hydrogen) atoms. The molecule has 0 heterocycles. The van der Waals surface area contributed by atoms with Crippen molar-refractivity contribution in [3.05, 3.63) is 35.9 Å².